The van der Waals surface area contributed by atoms with Crippen molar-refractivity contribution in [3.63, 3.8) is 0 Å². The van der Waals surface area contributed by atoms with Crippen molar-refractivity contribution < 1.29 is 4.84 Å². The van der Waals surface area contributed by atoms with Crippen LogP contribution in [0, 0.1) is 0 Å². The molecule has 6 heteroatoms. The van der Waals surface area contributed by atoms with Crippen LogP contribution in [-0.2, 0) is 10.7 Å². The molecule has 1 atom stereocenters. The molecule has 0 saturated carbocycles. The number of nitrogen functional groups attached to an aromatic ring is 1. The molecule has 0 aliphatic rings. The van der Waals surface area contributed by atoms with Crippen LogP contribution in [-0.4, -0.2) is 50.7 Å². The lowest BCUT2D eigenvalue weighted by Crippen LogP contribution is -2.58. The SMILES string of the molecule is CCNC(ON(CC)CC)(c1cccc(N)c1NC)N(C)C. The first-order chi connectivity index (χ1) is 10.5. The van der Waals surface area contributed by atoms with E-state index in [0.29, 0.717) is 5.69 Å². The van der Waals surface area contributed by atoms with Crippen molar-refractivity contribution in [1.82, 2.24) is 15.3 Å². The Labute approximate surface area is 134 Å². The number of nitrogens with two attached hydrogens (primary N) is 1. The fourth-order valence-corrected chi connectivity index (χ4v) is 2.57. The van der Waals surface area contributed by atoms with Gasteiger partial charge in [-0.05, 0) is 26.7 Å². The summed E-state index contributed by atoms with van der Waals surface area (Å²) in [4.78, 5) is 8.41. The Hall–Kier alpha value is -1.34. The first-order valence-corrected chi connectivity index (χ1v) is 7.89. The van der Waals surface area contributed by atoms with Crippen molar-refractivity contribution >= 4 is 11.4 Å². The summed E-state index contributed by atoms with van der Waals surface area (Å²) >= 11 is 0. The summed E-state index contributed by atoms with van der Waals surface area (Å²) in [7, 11) is 5.86. The molecular weight excluding hydrogens is 278 g/mol. The molecule has 0 aliphatic carbocycles. The maximum absolute atomic E-state index is 6.37. The number of hydrogen-bond donors (Lipinski definition) is 3. The molecule has 1 rings (SSSR count). The second-order valence-electron chi connectivity index (χ2n) is 5.29. The summed E-state index contributed by atoms with van der Waals surface area (Å²) in [6.07, 6.45) is 0. The van der Waals surface area contributed by atoms with Gasteiger partial charge in [0, 0.05) is 25.7 Å². The largest absolute Gasteiger partial charge is 0.397 e. The summed E-state index contributed by atoms with van der Waals surface area (Å²) in [5.41, 5.74) is 8.69. The fourth-order valence-electron chi connectivity index (χ4n) is 2.57. The molecule has 1 unspecified atom stereocenters. The van der Waals surface area contributed by atoms with Crippen molar-refractivity contribution in [2.45, 2.75) is 26.6 Å². The minimum absolute atomic E-state index is 0.701. The number of nitrogens with zero attached hydrogens (tertiary/aromatic N) is 2. The van der Waals surface area contributed by atoms with Gasteiger partial charge in [-0.1, -0.05) is 32.9 Å². The van der Waals surface area contributed by atoms with Crippen LogP contribution in [0.5, 0.6) is 0 Å². The molecule has 0 radical (unpaired) electrons. The van der Waals surface area contributed by atoms with Crippen molar-refractivity contribution in [2.75, 3.05) is 51.8 Å². The summed E-state index contributed by atoms with van der Waals surface area (Å²) in [5, 5.41) is 8.62. The maximum atomic E-state index is 6.37. The Kier molecular flexibility index (Phi) is 7.09. The van der Waals surface area contributed by atoms with Gasteiger partial charge in [0.2, 0.25) is 5.85 Å². The van der Waals surface area contributed by atoms with E-state index in [4.69, 9.17) is 10.6 Å². The van der Waals surface area contributed by atoms with Gasteiger partial charge in [-0.3, -0.25) is 15.1 Å². The second kappa shape index (κ2) is 8.33. The number of nitrogens with one attached hydrogen (secondary N) is 2. The molecule has 1 aromatic carbocycles. The monoisotopic (exact) mass is 309 g/mol. The zero-order valence-electron chi connectivity index (χ0n) is 14.7. The summed E-state index contributed by atoms with van der Waals surface area (Å²) in [5.74, 6) is -0.783. The molecule has 1 aromatic rings. The smallest absolute Gasteiger partial charge is 0.224 e. The number of benzene rings is 1. The predicted octanol–water partition coefficient (Wildman–Crippen LogP) is 1.87. The van der Waals surface area contributed by atoms with Gasteiger partial charge >= 0.3 is 0 Å². The Balaban J connectivity index is 3.45. The summed E-state index contributed by atoms with van der Waals surface area (Å²) < 4.78 is 0. The standard InChI is InChI=1S/C16H31N5O/c1-7-19-16(20(5)6,22-21(8-2)9-3)13-11-10-12-14(17)15(13)18-4/h10-12,18-19H,7-9,17H2,1-6H3. The van der Waals surface area contributed by atoms with Crippen LogP contribution in [0.1, 0.15) is 26.3 Å². The zero-order valence-corrected chi connectivity index (χ0v) is 14.7. The van der Waals surface area contributed by atoms with E-state index in [1.807, 2.05) is 49.3 Å². The third-order valence-corrected chi connectivity index (χ3v) is 3.72. The van der Waals surface area contributed by atoms with Gasteiger partial charge in [0.15, 0.2) is 0 Å². The first-order valence-electron chi connectivity index (χ1n) is 7.89. The van der Waals surface area contributed by atoms with Gasteiger partial charge < -0.3 is 11.1 Å². The fraction of sp³-hybridized carbons (Fsp3) is 0.625. The van der Waals surface area contributed by atoms with Crippen LogP contribution in [0.25, 0.3) is 0 Å². The molecule has 0 spiro atoms. The molecular formula is C16H31N5O. The number of para-hydroxylation sites is 1. The zero-order chi connectivity index (χ0) is 16.8. The summed E-state index contributed by atoms with van der Waals surface area (Å²) in [6, 6.07) is 5.88. The lowest BCUT2D eigenvalue weighted by Gasteiger charge is -2.43. The molecule has 0 aliphatic heterocycles. The lowest BCUT2D eigenvalue weighted by atomic mass is 10.0. The van der Waals surface area contributed by atoms with Gasteiger partial charge in [-0.2, -0.15) is 5.06 Å². The van der Waals surface area contributed by atoms with Gasteiger partial charge in [0.1, 0.15) is 0 Å². The van der Waals surface area contributed by atoms with Gasteiger partial charge in [-0.25, -0.2) is 0 Å². The van der Waals surface area contributed by atoms with Gasteiger partial charge in [0.05, 0.1) is 11.4 Å². The van der Waals surface area contributed by atoms with Gasteiger partial charge in [0.25, 0.3) is 0 Å². The normalized spacial score (nSPS) is 14.4. The topological polar surface area (TPSA) is 65.8 Å². The highest BCUT2D eigenvalue weighted by molar-refractivity contribution is 5.71. The highest BCUT2D eigenvalue weighted by Crippen LogP contribution is 2.35. The van der Waals surface area contributed by atoms with E-state index in [2.05, 4.69) is 31.4 Å². The van der Waals surface area contributed by atoms with E-state index in [9.17, 15) is 0 Å². The van der Waals surface area contributed by atoms with Crippen LogP contribution >= 0.6 is 0 Å². The Bertz CT molecular complexity index is 462. The van der Waals surface area contributed by atoms with Crippen LogP contribution < -0.4 is 16.4 Å². The maximum Gasteiger partial charge on any atom is 0.224 e. The number of anilines is 2. The van der Waals surface area contributed by atoms with E-state index in [1.54, 1.807) is 0 Å². The summed E-state index contributed by atoms with van der Waals surface area (Å²) in [6.45, 7) is 8.58. The van der Waals surface area contributed by atoms with Crippen molar-refractivity contribution in [3.8, 4) is 0 Å². The van der Waals surface area contributed by atoms with E-state index in [-0.39, 0.29) is 0 Å². The third kappa shape index (κ3) is 3.70. The Morgan fingerprint density at radius 2 is 1.82 bits per heavy atom. The average molecular weight is 309 g/mol. The lowest BCUT2D eigenvalue weighted by molar-refractivity contribution is -0.309. The van der Waals surface area contributed by atoms with Crippen molar-refractivity contribution in [3.05, 3.63) is 23.8 Å². The number of hydrogen-bond acceptors (Lipinski definition) is 6. The molecule has 0 bridgehead atoms. The second-order valence-corrected chi connectivity index (χ2v) is 5.29. The Morgan fingerprint density at radius 1 is 1.18 bits per heavy atom. The van der Waals surface area contributed by atoms with Crippen molar-refractivity contribution in [2.24, 2.45) is 0 Å². The first kappa shape index (κ1) is 18.7. The van der Waals surface area contributed by atoms with Crippen LogP contribution in [0.4, 0.5) is 11.4 Å². The molecule has 126 valence electrons. The van der Waals surface area contributed by atoms with E-state index >= 15 is 0 Å². The highest BCUT2D eigenvalue weighted by Gasteiger charge is 2.39. The third-order valence-electron chi connectivity index (χ3n) is 3.72. The molecule has 6 nitrogen and oxygen atoms in total. The molecule has 0 saturated heterocycles. The molecule has 22 heavy (non-hydrogen) atoms. The van der Waals surface area contributed by atoms with E-state index in [0.717, 1.165) is 30.9 Å². The van der Waals surface area contributed by atoms with Crippen LogP contribution in [0.2, 0.25) is 0 Å². The van der Waals surface area contributed by atoms with Crippen molar-refractivity contribution in [1.29, 1.82) is 0 Å². The molecule has 0 amide bonds. The van der Waals surface area contributed by atoms with E-state index in [1.165, 1.54) is 0 Å². The molecule has 4 N–H and O–H groups in total. The molecule has 0 heterocycles. The van der Waals surface area contributed by atoms with E-state index < -0.39 is 5.85 Å². The molecule has 0 fully saturated rings. The Morgan fingerprint density at radius 3 is 2.27 bits per heavy atom. The minimum atomic E-state index is -0.783. The van der Waals surface area contributed by atoms with Crippen LogP contribution in [0.3, 0.4) is 0 Å². The number of rotatable bonds is 9. The van der Waals surface area contributed by atoms with Crippen LogP contribution in [0.15, 0.2) is 18.2 Å². The number of hydroxylamine groups is 2. The predicted molar refractivity (Wildman–Crippen MR) is 93.4 cm³/mol. The quantitative estimate of drug-likeness (QED) is 0.368. The van der Waals surface area contributed by atoms with Gasteiger partial charge in [-0.15, -0.1) is 0 Å². The minimum Gasteiger partial charge on any atom is -0.397 e. The average Bonchev–Trinajstić information content (AvgIpc) is 2.51. The highest BCUT2D eigenvalue weighted by atomic mass is 16.7. The molecule has 0 aromatic heterocycles.